The number of benzene rings is 2. The third-order valence-electron chi connectivity index (χ3n) is 5.41. The molecule has 0 aliphatic carbocycles. The van der Waals surface area contributed by atoms with Crippen molar-refractivity contribution in [3.8, 4) is 0 Å². The second-order valence-corrected chi connectivity index (χ2v) is 10.9. The molecule has 1 aliphatic heterocycles. The van der Waals surface area contributed by atoms with Crippen molar-refractivity contribution in [3.63, 3.8) is 0 Å². The predicted octanol–water partition coefficient (Wildman–Crippen LogP) is 3.11. The smallest absolute Gasteiger partial charge is 0.338 e. The van der Waals surface area contributed by atoms with Gasteiger partial charge in [0.2, 0.25) is 10.0 Å². The number of nitrogens with zero attached hydrogens (tertiary/aromatic N) is 1. The molecule has 3 rings (SSSR count). The maximum absolute atomic E-state index is 12.9. The van der Waals surface area contributed by atoms with Gasteiger partial charge in [0, 0.05) is 18.8 Å². The Morgan fingerprint density at radius 1 is 1.06 bits per heavy atom. The SMILES string of the molecule is Cc1ccc(S(=O)(=O)N2CCOCC2)cc1C(=O)OCC(=O)Nc1ccc(C(C)(C)C)cc1. The Bertz CT molecular complexity index is 1110. The van der Waals surface area contributed by atoms with Gasteiger partial charge in [-0.25, -0.2) is 13.2 Å². The summed E-state index contributed by atoms with van der Waals surface area (Å²) >= 11 is 0. The molecule has 0 saturated carbocycles. The van der Waals surface area contributed by atoms with Crippen LogP contribution in [0, 0.1) is 6.92 Å². The first-order valence-electron chi connectivity index (χ1n) is 10.7. The van der Waals surface area contributed by atoms with Gasteiger partial charge in [0.15, 0.2) is 6.61 Å². The topological polar surface area (TPSA) is 102 Å². The highest BCUT2D eigenvalue weighted by Gasteiger charge is 2.27. The molecule has 33 heavy (non-hydrogen) atoms. The average Bonchev–Trinajstić information content (AvgIpc) is 2.78. The third-order valence-corrected chi connectivity index (χ3v) is 7.30. The van der Waals surface area contributed by atoms with Crippen LogP contribution in [-0.4, -0.2) is 57.5 Å². The van der Waals surface area contributed by atoms with Crippen LogP contribution in [0.3, 0.4) is 0 Å². The minimum Gasteiger partial charge on any atom is -0.452 e. The van der Waals surface area contributed by atoms with E-state index in [0.717, 1.165) is 5.56 Å². The molecule has 2 aromatic carbocycles. The van der Waals surface area contributed by atoms with E-state index in [1.165, 1.54) is 16.4 Å². The molecule has 0 unspecified atom stereocenters. The van der Waals surface area contributed by atoms with E-state index < -0.39 is 28.5 Å². The Morgan fingerprint density at radius 3 is 2.30 bits per heavy atom. The van der Waals surface area contributed by atoms with E-state index in [0.29, 0.717) is 24.5 Å². The molecule has 178 valence electrons. The van der Waals surface area contributed by atoms with Gasteiger partial charge in [-0.1, -0.05) is 39.0 Å². The molecule has 1 amide bonds. The standard InChI is InChI=1S/C24H30N2O6S/c1-17-5-10-20(33(29,30)26-11-13-31-14-12-26)15-21(17)23(28)32-16-22(27)25-19-8-6-18(7-9-19)24(2,3)4/h5-10,15H,11-14,16H2,1-4H3,(H,25,27). The van der Waals surface area contributed by atoms with Gasteiger partial charge in [-0.05, 0) is 47.7 Å². The van der Waals surface area contributed by atoms with Crippen LogP contribution in [0.25, 0.3) is 0 Å². The van der Waals surface area contributed by atoms with Gasteiger partial charge in [-0.2, -0.15) is 4.31 Å². The Morgan fingerprint density at radius 2 is 1.70 bits per heavy atom. The van der Waals surface area contributed by atoms with E-state index in [2.05, 4.69) is 26.1 Å². The summed E-state index contributed by atoms with van der Waals surface area (Å²) in [6.45, 7) is 8.66. The Hall–Kier alpha value is -2.75. The summed E-state index contributed by atoms with van der Waals surface area (Å²) in [7, 11) is -3.75. The van der Waals surface area contributed by atoms with Crippen LogP contribution in [-0.2, 0) is 29.7 Å². The molecule has 0 aromatic heterocycles. The van der Waals surface area contributed by atoms with Crippen molar-refractivity contribution in [2.24, 2.45) is 0 Å². The summed E-state index contributed by atoms with van der Waals surface area (Å²) in [5.74, 6) is -1.24. The van der Waals surface area contributed by atoms with Crippen molar-refractivity contribution in [2.45, 2.75) is 38.0 Å². The fourth-order valence-corrected chi connectivity index (χ4v) is 4.81. The molecular formula is C24H30N2O6S. The molecule has 9 heteroatoms. The van der Waals surface area contributed by atoms with Crippen LogP contribution in [0.5, 0.6) is 0 Å². The lowest BCUT2D eigenvalue weighted by molar-refractivity contribution is -0.119. The average molecular weight is 475 g/mol. The normalized spacial score (nSPS) is 15.2. The molecule has 8 nitrogen and oxygen atoms in total. The van der Waals surface area contributed by atoms with Gasteiger partial charge in [0.05, 0.1) is 23.7 Å². The molecule has 0 radical (unpaired) electrons. The van der Waals surface area contributed by atoms with Crippen molar-refractivity contribution in [1.82, 2.24) is 4.31 Å². The number of nitrogens with one attached hydrogen (secondary N) is 1. The fourth-order valence-electron chi connectivity index (χ4n) is 3.38. The number of anilines is 1. The van der Waals surface area contributed by atoms with Gasteiger partial charge in [-0.15, -0.1) is 0 Å². The number of hydrogen-bond donors (Lipinski definition) is 1. The summed E-state index contributed by atoms with van der Waals surface area (Å²) in [6, 6.07) is 11.8. The summed E-state index contributed by atoms with van der Waals surface area (Å²) in [4.78, 5) is 24.9. The van der Waals surface area contributed by atoms with Crippen LogP contribution in [0.15, 0.2) is 47.4 Å². The van der Waals surface area contributed by atoms with Crippen molar-refractivity contribution < 1.29 is 27.5 Å². The number of carbonyl (C=O) groups is 2. The number of rotatable bonds is 6. The molecule has 0 spiro atoms. The monoisotopic (exact) mass is 474 g/mol. The highest BCUT2D eigenvalue weighted by molar-refractivity contribution is 7.89. The molecule has 0 atom stereocenters. The van der Waals surface area contributed by atoms with Crippen LogP contribution in [0.1, 0.15) is 42.3 Å². The lowest BCUT2D eigenvalue weighted by Crippen LogP contribution is -2.40. The van der Waals surface area contributed by atoms with E-state index in [4.69, 9.17) is 9.47 Å². The first kappa shape index (κ1) is 24.9. The number of carbonyl (C=O) groups excluding carboxylic acids is 2. The summed E-state index contributed by atoms with van der Waals surface area (Å²) in [5, 5.41) is 2.69. The van der Waals surface area contributed by atoms with Gasteiger partial charge < -0.3 is 14.8 Å². The highest BCUT2D eigenvalue weighted by Crippen LogP contribution is 2.24. The van der Waals surface area contributed by atoms with Crippen molar-refractivity contribution in [1.29, 1.82) is 0 Å². The zero-order chi connectivity index (χ0) is 24.2. The van der Waals surface area contributed by atoms with Crippen LogP contribution in [0.4, 0.5) is 5.69 Å². The molecule has 1 fully saturated rings. The predicted molar refractivity (Wildman–Crippen MR) is 125 cm³/mol. The third kappa shape index (κ3) is 6.19. The minimum absolute atomic E-state index is 0.000275. The zero-order valence-corrected chi connectivity index (χ0v) is 20.2. The first-order chi connectivity index (χ1) is 15.5. The van der Waals surface area contributed by atoms with Gasteiger partial charge in [0.1, 0.15) is 0 Å². The van der Waals surface area contributed by atoms with E-state index in [1.54, 1.807) is 25.1 Å². The van der Waals surface area contributed by atoms with Crippen molar-refractivity contribution in [3.05, 3.63) is 59.2 Å². The molecule has 2 aromatic rings. The van der Waals surface area contributed by atoms with Crippen LogP contribution in [0.2, 0.25) is 0 Å². The number of ether oxygens (including phenoxy) is 2. The maximum atomic E-state index is 12.9. The van der Waals surface area contributed by atoms with Crippen LogP contribution < -0.4 is 5.32 Å². The van der Waals surface area contributed by atoms with Gasteiger partial charge >= 0.3 is 5.97 Å². The number of sulfonamides is 1. The van der Waals surface area contributed by atoms with E-state index in [1.807, 2.05) is 12.1 Å². The number of amides is 1. The Kier molecular flexibility index (Phi) is 7.56. The summed E-state index contributed by atoms with van der Waals surface area (Å²) in [6.07, 6.45) is 0. The molecule has 1 heterocycles. The fraction of sp³-hybridized carbons (Fsp3) is 0.417. The minimum atomic E-state index is -3.75. The number of aryl methyl sites for hydroxylation is 1. The lowest BCUT2D eigenvalue weighted by Gasteiger charge is -2.26. The number of esters is 1. The number of morpholine rings is 1. The lowest BCUT2D eigenvalue weighted by atomic mass is 9.87. The molecule has 0 bridgehead atoms. The quantitative estimate of drug-likeness (QED) is 0.646. The second kappa shape index (κ2) is 10.0. The first-order valence-corrected chi connectivity index (χ1v) is 12.2. The second-order valence-electron chi connectivity index (χ2n) is 8.94. The maximum Gasteiger partial charge on any atom is 0.338 e. The molecular weight excluding hydrogens is 444 g/mol. The molecule has 1 aliphatic rings. The molecule has 1 saturated heterocycles. The van der Waals surface area contributed by atoms with Gasteiger partial charge in [-0.3, -0.25) is 4.79 Å². The van der Waals surface area contributed by atoms with Crippen molar-refractivity contribution in [2.75, 3.05) is 38.2 Å². The summed E-state index contributed by atoms with van der Waals surface area (Å²) in [5.41, 5.74) is 2.39. The van der Waals surface area contributed by atoms with Crippen LogP contribution >= 0.6 is 0 Å². The van der Waals surface area contributed by atoms with Crippen molar-refractivity contribution >= 4 is 27.6 Å². The molecule has 1 N–H and O–H groups in total. The number of hydrogen-bond acceptors (Lipinski definition) is 6. The zero-order valence-electron chi connectivity index (χ0n) is 19.4. The largest absolute Gasteiger partial charge is 0.452 e. The summed E-state index contributed by atoms with van der Waals surface area (Å²) < 4.78 is 37.5. The van der Waals surface area contributed by atoms with Gasteiger partial charge in [0.25, 0.3) is 5.91 Å². The van der Waals surface area contributed by atoms with E-state index >= 15 is 0 Å². The Balaban J connectivity index is 1.64. The Labute approximate surface area is 194 Å². The van der Waals surface area contributed by atoms with E-state index in [9.17, 15) is 18.0 Å². The highest BCUT2D eigenvalue weighted by atomic mass is 32.2. The van der Waals surface area contributed by atoms with E-state index in [-0.39, 0.29) is 29.0 Å².